The SMILES string of the molecule is C=CCOCC1COC2(CCC=C(C)C2)O1. The molecule has 1 saturated heterocycles. The molecule has 1 spiro atoms. The fourth-order valence-electron chi connectivity index (χ4n) is 2.33. The first kappa shape index (κ1) is 11.8. The lowest BCUT2D eigenvalue weighted by atomic mass is 9.94. The summed E-state index contributed by atoms with van der Waals surface area (Å²) in [5.74, 6) is -0.360. The Morgan fingerprint density at radius 2 is 2.56 bits per heavy atom. The molecule has 2 aliphatic rings. The quantitative estimate of drug-likeness (QED) is 0.542. The molecule has 0 radical (unpaired) electrons. The second-order valence-electron chi connectivity index (χ2n) is 4.55. The van der Waals surface area contributed by atoms with E-state index in [0.717, 1.165) is 19.3 Å². The van der Waals surface area contributed by atoms with Gasteiger partial charge in [0.2, 0.25) is 0 Å². The van der Waals surface area contributed by atoms with Gasteiger partial charge in [-0.3, -0.25) is 0 Å². The number of allylic oxidation sites excluding steroid dienone is 1. The second-order valence-corrected chi connectivity index (χ2v) is 4.55. The van der Waals surface area contributed by atoms with E-state index in [9.17, 15) is 0 Å². The Kier molecular flexibility index (Phi) is 3.79. The van der Waals surface area contributed by atoms with Crippen LogP contribution in [-0.2, 0) is 14.2 Å². The molecule has 1 heterocycles. The van der Waals surface area contributed by atoms with Crippen molar-refractivity contribution in [2.24, 2.45) is 0 Å². The van der Waals surface area contributed by atoms with Crippen LogP contribution < -0.4 is 0 Å². The molecule has 1 fully saturated rings. The van der Waals surface area contributed by atoms with E-state index in [-0.39, 0.29) is 11.9 Å². The molecule has 2 rings (SSSR count). The van der Waals surface area contributed by atoms with Gasteiger partial charge in [-0.05, 0) is 13.3 Å². The maximum atomic E-state index is 5.98. The maximum Gasteiger partial charge on any atom is 0.172 e. The molecule has 1 aliphatic heterocycles. The minimum atomic E-state index is -0.360. The van der Waals surface area contributed by atoms with Crippen molar-refractivity contribution in [3.05, 3.63) is 24.3 Å². The molecule has 1 aliphatic carbocycles. The topological polar surface area (TPSA) is 27.7 Å². The molecule has 16 heavy (non-hydrogen) atoms. The summed E-state index contributed by atoms with van der Waals surface area (Å²) in [4.78, 5) is 0. The van der Waals surface area contributed by atoms with Crippen molar-refractivity contribution in [2.45, 2.75) is 38.1 Å². The summed E-state index contributed by atoms with van der Waals surface area (Å²) >= 11 is 0. The molecule has 0 amide bonds. The van der Waals surface area contributed by atoms with Crippen LogP contribution in [0.15, 0.2) is 24.3 Å². The Bertz CT molecular complexity index is 285. The summed E-state index contributed by atoms with van der Waals surface area (Å²) in [6.07, 6.45) is 6.99. The minimum absolute atomic E-state index is 0.0749. The second kappa shape index (κ2) is 5.13. The highest BCUT2D eigenvalue weighted by Crippen LogP contribution is 2.37. The fraction of sp³-hybridized carbons (Fsp3) is 0.692. The van der Waals surface area contributed by atoms with E-state index >= 15 is 0 Å². The van der Waals surface area contributed by atoms with Crippen molar-refractivity contribution in [2.75, 3.05) is 19.8 Å². The Balaban J connectivity index is 1.82. The van der Waals surface area contributed by atoms with E-state index < -0.39 is 0 Å². The van der Waals surface area contributed by atoms with Gasteiger partial charge in [-0.15, -0.1) is 6.58 Å². The summed E-state index contributed by atoms with van der Waals surface area (Å²) in [6.45, 7) is 7.56. The van der Waals surface area contributed by atoms with Crippen molar-refractivity contribution in [3.63, 3.8) is 0 Å². The van der Waals surface area contributed by atoms with Crippen LogP contribution in [0.3, 0.4) is 0 Å². The zero-order valence-corrected chi connectivity index (χ0v) is 9.91. The molecule has 3 heteroatoms. The van der Waals surface area contributed by atoms with Crippen LogP contribution in [-0.4, -0.2) is 31.7 Å². The van der Waals surface area contributed by atoms with Crippen LogP contribution in [0.4, 0.5) is 0 Å². The largest absolute Gasteiger partial charge is 0.375 e. The first-order valence-electron chi connectivity index (χ1n) is 5.90. The molecule has 90 valence electrons. The predicted octanol–water partition coefficient (Wildman–Crippen LogP) is 2.43. The summed E-state index contributed by atoms with van der Waals surface area (Å²) in [5.41, 5.74) is 1.36. The van der Waals surface area contributed by atoms with Gasteiger partial charge in [0.15, 0.2) is 5.79 Å². The molecule has 2 unspecified atom stereocenters. The lowest BCUT2D eigenvalue weighted by Crippen LogP contribution is -2.33. The Morgan fingerprint density at radius 1 is 1.69 bits per heavy atom. The van der Waals surface area contributed by atoms with Crippen molar-refractivity contribution in [1.29, 1.82) is 0 Å². The third-order valence-corrected chi connectivity index (χ3v) is 3.02. The normalized spacial score (nSPS) is 34.1. The number of ether oxygens (including phenoxy) is 3. The molecule has 0 aromatic rings. The third-order valence-electron chi connectivity index (χ3n) is 3.02. The van der Waals surface area contributed by atoms with Gasteiger partial charge in [-0.2, -0.15) is 0 Å². The maximum absolute atomic E-state index is 5.98. The molecule has 0 saturated carbocycles. The predicted molar refractivity (Wildman–Crippen MR) is 62.2 cm³/mol. The first-order valence-corrected chi connectivity index (χ1v) is 5.90. The molecule has 2 atom stereocenters. The van der Waals surface area contributed by atoms with E-state index in [1.165, 1.54) is 5.57 Å². The Hall–Kier alpha value is -0.640. The summed E-state index contributed by atoms with van der Waals surface area (Å²) < 4.78 is 17.2. The van der Waals surface area contributed by atoms with E-state index in [4.69, 9.17) is 14.2 Å². The van der Waals surface area contributed by atoms with Crippen molar-refractivity contribution >= 4 is 0 Å². The zero-order valence-electron chi connectivity index (χ0n) is 9.91. The van der Waals surface area contributed by atoms with Gasteiger partial charge in [-0.1, -0.05) is 17.7 Å². The molecular weight excluding hydrogens is 204 g/mol. The monoisotopic (exact) mass is 224 g/mol. The van der Waals surface area contributed by atoms with Crippen molar-refractivity contribution < 1.29 is 14.2 Å². The highest BCUT2D eigenvalue weighted by molar-refractivity contribution is 5.07. The standard InChI is InChI=1S/C13H20O3/c1-3-7-14-9-12-10-15-13(16-12)6-4-5-11(2)8-13/h3,5,12H,1,4,6-10H2,2H3. The van der Waals surface area contributed by atoms with E-state index in [2.05, 4.69) is 19.6 Å². The zero-order chi connectivity index (χ0) is 11.4. The van der Waals surface area contributed by atoms with Gasteiger partial charge in [-0.25, -0.2) is 0 Å². The average molecular weight is 224 g/mol. The third kappa shape index (κ3) is 2.73. The van der Waals surface area contributed by atoms with Gasteiger partial charge >= 0.3 is 0 Å². The molecule has 0 aromatic heterocycles. The Morgan fingerprint density at radius 3 is 3.31 bits per heavy atom. The van der Waals surface area contributed by atoms with Crippen LogP contribution in [0.25, 0.3) is 0 Å². The summed E-state index contributed by atoms with van der Waals surface area (Å²) in [7, 11) is 0. The van der Waals surface area contributed by atoms with E-state index in [1.807, 2.05) is 0 Å². The lowest BCUT2D eigenvalue weighted by Gasteiger charge is -2.31. The van der Waals surface area contributed by atoms with Crippen molar-refractivity contribution in [1.82, 2.24) is 0 Å². The summed E-state index contributed by atoms with van der Waals surface area (Å²) in [5, 5.41) is 0. The number of rotatable bonds is 4. The first-order chi connectivity index (χ1) is 7.74. The molecule has 3 nitrogen and oxygen atoms in total. The van der Waals surface area contributed by atoms with E-state index in [1.54, 1.807) is 6.08 Å². The summed E-state index contributed by atoms with van der Waals surface area (Å²) in [6, 6.07) is 0. The van der Waals surface area contributed by atoms with Crippen LogP contribution >= 0.6 is 0 Å². The van der Waals surface area contributed by atoms with Gasteiger partial charge in [0.1, 0.15) is 6.10 Å². The highest BCUT2D eigenvalue weighted by atomic mass is 16.7. The molecular formula is C13H20O3. The number of hydrogen-bond donors (Lipinski definition) is 0. The van der Waals surface area contributed by atoms with Gasteiger partial charge in [0.05, 0.1) is 19.8 Å². The Labute approximate surface area is 97.1 Å². The average Bonchev–Trinajstić information content (AvgIpc) is 2.62. The van der Waals surface area contributed by atoms with Gasteiger partial charge < -0.3 is 14.2 Å². The highest BCUT2D eigenvalue weighted by Gasteiger charge is 2.42. The molecule has 0 N–H and O–H groups in total. The van der Waals surface area contributed by atoms with Crippen molar-refractivity contribution in [3.8, 4) is 0 Å². The van der Waals surface area contributed by atoms with Gasteiger partial charge in [0.25, 0.3) is 0 Å². The van der Waals surface area contributed by atoms with Crippen LogP contribution in [0.5, 0.6) is 0 Å². The van der Waals surface area contributed by atoms with Crippen LogP contribution in [0, 0.1) is 0 Å². The molecule has 0 aromatic carbocycles. The van der Waals surface area contributed by atoms with Crippen LogP contribution in [0.2, 0.25) is 0 Å². The smallest absolute Gasteiger partial charge is 0.172 e. The minimum Gasteiger partial charge on any atom is -0.375 e. The van der Waals surface area contributed by atoms with E-state index in [0.29, 0.717) is 19.8 Å². The fourth-order valence-corrected chi connectivity index (χ4v) is 2.33. The van der Waals surface area contributed by atoms with Gasteiger partial charge in [0, 0.05) is 12.8 Å². The molecule has 0 bridgehead atoms. The lowest BCUT2D eigenvalue weighted by molar-refractivity contribution is -0.178. The van der Waals surface area contributed by atoms with Crippen LogP contribution in [0.1, 0.15) is 26.2 Å². The number of hydrogen-bond acceptors (Lipinski definition) is 3.